The second-order valence-corrected chi connectivity index (χ2v) is 5.27. The van der Waals surface area contributed by atoms with Crippen LogP contribution in [0.5, 0.6) is 0 Å². The average Bonchev–Trinajstić information content (AvgIpc) is 2.66. The highest BCUT2D eigenvalue weighted by Crippen LogP contribution is 2.44. The summed E-state index contributed by atoms with van der Waals surface area (Å²) in [6.07, 6.45) is 0.786. The molecule has 0 bridgehead atoms. The Kier molecular flexibility index (Phi) is 3.82. The molecule has 0 atom stereocenters. The summed E-state index contributed by atoms with van der Waals surface area (Å²) in [5.41, 5.74) is -0.697. The molecule has 1 heterocycles. The van der Waals surface area contributed by atoms with Crippen LogP contribution in [0.25, 0.3) is 0 Å². The summed E-state index contributed by atoms with van der Waals surface area (Å²) in [5.74, 6) is -4.56. The van der Waals surface area contributed by atoms with E-state index in [9.17, 15) is 18.7 Å². The Hall–Kier alpha value is -1.50. The maximum absolute atomic E-state index is 13.8. The summed E-state index contributed by atoms with van der Waals surface area (Å²) in [5, 5.41) is 15.6. The molecule has 0 aromatic carbocycles. The standard InChI is InChI=1S/C13H18F2N2O3/c1-8-10(9(2)20-17-8)4-7-16-11(18)13(14,15)12(19)5-3-6-12/h19H,3-7H2,1-2H3,(H,16,18). The highest BCUT2D eigenvalue weighted by atomic mass is 19.3. The van der Waals surface area contributed by atoms with E-state index in [2.05, 4.69) is 10.5 Å². The third kappa shape index (κ3) is 2.42. The summed E-state index contributed by atoms with van der Waals surface area (Å²) in [6.45, 7) is 3.52. The molecular formula is C13H18F2N2O3. The molecule has 0 aliphatic heterocycles. The highest BCUT2D eigenvalue weighted by Gasteiger charge is 2.60. The first-order valence-electron chi connectivity index (χ1n) is 6.58. The molecule has 0 radical (unpaired) electrons. The first-order valence-corrected chi connectivity index (χ1v) is 6.58. The molecule has 7 heteroatoms. The zero-order chi connectivity index (χ0) is 15.0. The van der Waals surface area contributed by atoms with Crippen LogP contribution in [0.15, 0.2) is 4.52 Å². The number of hydrogen-bond acceptors (Lipinski definition) is 4. The predicted octanol–water partition coefficient (Wildman–Crippen LogP) is 1.50. The van der Waals surface area contributed by atoms with Crippen molar-refractivity contribution in [3.63, 3.8) is 0 Å². The van der Waals surface area contributed by atoms with Crippen LogP contribution in [0.3, 0.4) is 0 Å². The number of carbonyl (C=O) groups is 1. The minimum atomic E-state index is -3.75. The molecule has 1 amide bonds. The number of nitrogens with zero attached hydrogens (tertiary/aromatic N) is 1. The van der Waals surface area contributed by atoms with E-state index < -0.39 is 17.4 Å². The number of aliphatic hydroxyl groups is 1. The number of aryl methyl sites for hydroxylation is 2. The minimum absolute atomic E-state index is 0.0444. The fourth-order valence-electron chi connectivity index (χ4n) is 2.31. The van der Waals surface area contributed by atoms with Gasteiger partial charge in [0.25, 0.3) is 5.91 Å². The summed E-state index contributed by atoms with van der Waals surface area (Å²) in [4.78, 5) is 11.5. The van der Waals surface area contributed by atoms with Gasteiger partial charge in [0.05, 0.1) is 5.69 Å². The van der Waals surface area contributed by atoms with Gasteiger partial charge in [-0.2, -0.15) is 8.78 Å². The fraction of sp³-hybridized carbons (Fsp3) is 0.692. The van der Waals surface area contributed by atoms with Crippen LogP contribution in [-0.2, 0) is 11.2 Å². The van der Waals surface area contributed by atoms with Crippen LogP contribution in [0.4, 0.5) is 8.78 Å². The van der Waals surface area contributed by atoms with Crippen LogP contribution in [0.2, 0.25) is 0 Å². The molecule has 112 valence electrons. The SMILES string of the molecule is Cc1noc(C)c1CCNC(=O)C(F)(F)C1(O)CCC1. The topological polar surface area (TPSA) is 75.4 Å². The van der Waals surface area contributed by atoms with Crippen molar-refractivity contribution < 1.29 is 23.2 Å². The molecule has 1 aromatic rings. The van der Waals surface area contributed by atoms with Gasteiger partial charge in [0.1, 0.15) is 11.4 Å². The van der Waals surface area contributed by atoms with Gasteiger partial charge in [-0.1, -0.05) is 5.16 Å². The zero-order valence-corrected chi connectivity index (χ0v) is 11.5. The van der Waals surface area contributed by atoms with Gasteiger partial charge in [0.15, 0.2) is 0 Å². The van der Waals surface area contributed by atoms with Gasteiger partial charge in [-0.3, -0.25) is 4.79 Å². The number of aromatic nitrogens is 1. The lowest BCUT2D eigenvalue weighted by Crippen LogP contribution is -2.60. The lowest BCUT2D eigenvalue weighted by atomic mass is 9.75. The van der Waals surface area contributed by atoms with E-state index in [-0.39, 0.29) is 19.4 Å². The third-order valence-corrected chi connectivity index (χ3v) is 3.89. The monoisotopic (exact) mass is 288 g/mol. The first-order chi connectivity index (χ1) is 9.28. The Bertz CT molecular complexity index is 490. The smallest absolute Gasteiger partial charge is 0.352 e. The normalized spacial score (nSPS) is 17.6. The Morgan fingerprint density at radius 3 is 2.60 bits per heavy atom. The Morgan fingerprint density at radius 2 is 2.15 bits per heavy atom. The molecule has 2 rings (SSSR count). The summed E-state index contributed by atoms with van der Waals surface area (Å²) >= 11 is 0. The van der Waals surface area contributed by atoms with Crippen molar-refractivity contribution >= 4 is 5.91 Å². The molecule has 5 nitrogen and oxygen atoms in total. The van der Waals surface area contributed by atoms with Crippen molar-refractivity contribution in [1.29, 1.82) is 0 Å². The molecule has 1 aliphatic carbocycles. The quantitative estimate of drug-likeness (QED) is 0.861. The van der Waals surface area contributed by atoms with Crippen molar-refractivity contribution in [2.75, 3.05) is 6.54 Å². The van der Waals surface area contributed by atoms with E-state index in [1.54, 1.807) is 13.8 Å². The molecular weight excluding hydrogens is 270 g/mol. The number of halogens is 2. The van der Waals surface area contributed by atoms with Crippen molar-refractivity contribution in [3.8, 4) is 0 Å². The highest BCUT2D eigenvalue weighted by molar-refractivity contribution is 5.85. The predicted molar refractivity (Wildman–Crippen MR) is 66.4 cm³/mol. The van der Waals surface area contributed by atoms with Gasteiger partial charge in [-0.05, 0) is 39.5 Å². The Labute approximate surface area is 115 Å². The van der Waals surface area contributed by atoms with Gasteiger partial charge >= 0.3 is 5.92 Å². The molecule has 0 unspecified atom stereocenters. The molecule has 0 spiro atoms. The van der Waals surface area contributed by atoms with Gasteiger partial charge in [0, 0.05) is 12.1 Å². The van der Waals surface area contributed by atoms with E-state index in [1.807, 2.05) is 0 Å². The summed E-state index contributed by atoms with van der Waals surface area (Å²) in [6, 6.07) is 0. The molecule has 1 saturated carbocycles. The number of alkyl halides is 2. The van der Waals surface area contributed by atoms with E-state index >= 15 is 0 Å². The molecule has 1 aliphatic rings. The van der Waals surface area contributed by atoms with E-state index in [0.717, 1.165) is 5.56 Å². The maximum Gasteiger partial charge on any atom is 0.352 e. The molecule has 1 fully saturated rings. The number of rotatable bonds is 5. The lowest BCUT2D eigenvalue weighted by Gasteiger charge is -2.41. The Morgan fingerprint density at radius 1 is 1.50 bits per heavy atom. The molecule has 0 saturated heterocycles. The van der Waals surface area contributed by atoms with Crippen molar-refractivity contribution in [2.24, 2.45) is 0 Å². The third-order valence-electron chi connectivity index (χ3n) is 3.89. The molecule has 2 N–H and O–H groups in total. The Balaban J connectivity index is 1.89. The van der Waals surface area contributed by atoms with E-state index in [4.69, 9.17) is 4.52 Å². The fourth-order valence-corrected chi connectivity index (χ4v) is 2.31. The number of nitrogens with one attached hydrogen (secondary N) is 1. The van der Waals surface area contributed by atoms with Crippen molar-refractivity contribution in [1.82, 2.24) is 10.5 Å². The van der Waals surface area contributed by atoms with Crippen LogP contribution < -0.4 is 5.32 Å². The second-order valence-electron chi connectivity index (χ2n) is 5.27. The number of hydrogen-bond donors (Lipinski definition) is 2. The molecule has 1 aromatic heterocycles. The van der Waals surface area contributed by atoms with Crippen LogP contribution in [0.1, 0.15) is 36.3 Å². The van der Waals surface area contributed by atoms with Gasteiger partial charge in [-0.25, -0.2) is 0 Å². The summed E-state index contributed by atoms with van der Waals surface area (Å²) < 4.78 is 32.5. The van der Waals surface area contributed by atoms with Crippen LogP contribution in [0, 0.1) is 13.8 Å². The minimum Gasteiger partial charge on any atom is -0.383 e. The largest absolute Gasteiger partial charge is 0.383 e. The maximum atomic E-state index is 13.8. The van der Waals surface area contributed by atoms with Crippen LogP contribution in [-0.4, -0.2) is 34.2 Å². The average molecular weight is 288 g/mol. The van der Waals surface area contributed by atoms with Crippen molar-refractivity contribution in [2.45, 2.75) is 51.1 Å². The van der Waals surface area contributed by atoms with Gasteiger partial charge in [0.2, 0.25) is 0 Å². The second kappa shape index (κ2) is 5.12. The first kappa shape index (κ1) is 14.9. The lowest BCUT2D eigenvalue weighted by molar-refractivity contribution is -0.215. The number of amides is 1. The summed E-state index contributed by atoms with van der Waals surface area (Å²) in [7, 11) is 0. The van der Waals surface area contributed by atoms with Crippen LogP contribution >= 0.6 is 0 Å². The molecule has 20 heavy (non-hydrogen) atoms. The van der Waals surface area contributed by atoms with Gasteiger partial charge in [-0.15, -0.1) is 0 Å². The van der Waals surface area contributed by atoms with Crippen molar-refractivity contribution in [3.05, 3.63) is 17.0 Å². The number of carbonyl (C=O) groups excluding carboxylic acids is 1. The van der Waals surface area contributed by atoms with E-state index in [0.29, 0.717) is 24.3 Å². The van der Waals surface area contributed by atoms with E-state index in [1.165, 1.54) is 0 Å². The zero-order valence-electron chi connectivity index (χ0n) is 11.5. The van der Waals surface area contributed by atoms with Gasteiger partial charge < -0.3 is 14.9 Å².